The van der Waals surface area contributed by atoms with Crippen LogP contribution in [0.4, 0.5) is 18.0 Å². The van der Waals surface area contributed by atoms with E-state index in [4.69, 9.17) is 0 Å². The molecule has 1 fully saturated rings. The summed E-state index contributed by atoms with van der Waals surface area (Å²) in [6.45, 7) is 5.44. The van der Waals surface area contributed by atoms with Crippen LogP contribution in [0, 0.1) is 0 Å². The molecular weight excluding hydrogens is 261 g/mol. The van der Waals surface area contributed by atoms with Gasteiger partial charge in [0.15, 0.2) is 6.61 Å². The predicted octanol–water partition coefficient (Wildman–Crippen LogP) is 2.49. The van der Waals surface area contributed by atoms with Crippen LogP contribution in [0.5, 0.6) is 0 Å². The molecule has 7 heteroatoms. The summed E-state index contributed by atoms with van der Waals surface area (Å²) >= 11 is 0. The standard InChI is InChI=1S/C12H21F3N2O2/c1-3-16(4-2)10-5-7-17(8-6-10)11(18)19-9-12(13,14)15/h10H,3-9H2,1-2H3. The predicted molar refractivity (Wildman–Crippen MR) is 64.9 cm³/mol. The maximum absolute atomic E-state index is 11.9. The third-order valence-electron chi connectivity index (χ3n) is 3.41. The van der Waals surface area contributed by atoms with Crippen LogP contribution in [0.25, 0.3) is 0 Å². The van der Waals surface area contributed by atoms with E-state index in [1.165, 1.54) is 4.90 Å². The number of nitrogens with zero attached hydrogens (tertiary/aromatic N) is 2. The summed E-state index contributed by atoms with van der Waals surface area (Å²) in [7, 11) is 0. The molecule has 1 aliphatic heterocycles. The number of ether oxygens (including phenoxy) is 1. The van der Waals surface area contributed by atoms with Crippen LogP contribution < -0.4 is 0 Å². The highest BCUT2D eigenvalue weighted by molar-refractivity contribution is 5.67. The highest BCUT2D eigenvalue weighted by Crippen LogP contribution is 2.19. The average molecular weight is 282 g/mol. The van der Waals surface area contributed by atoms with Crippen LogP contribution >= 0.6 is 0 Å². The Balaban J connectivity index is 2.35. The van der Waals surface area contributed by atoms with E-state index >= 15 is 0 Å². The number of likely N-dealkylation sites (tertiary alicyclic amines) is 1. The Morgan fingerprint density at radius 1 is 1.26 bits per heavy atom. The monoisotopic (exact) mass is 282 g/mol. The first-order valence-electron chi connectivity index (χ1n) is 6.59. The second kappa shape index (κ2) is 6.98. The Bertz CT molecular complexity index is 285. The lowest BCUT2D eigenvalue weighted by Crippen LogP contribution is -2.47. The van der Waals surface area contributed by atoms with E-state index in [0.717, 1.165) is 25.9 Å². The van der Waals surface area contributed by atoms with Crippen LogP contribution in [0.1, 0.15) is 26.7 Å². The summed E-state index contributed by atoms with van der Waals surface area (Å²) in [6, 6.07) is 0.404. The molecule has 112 valence electrons. The summed E-state index contributed by atoms with van der Waals surface area (Å²) < 4.78 is 40.1. The van der Waals surface area contributed by atoms with Crippen LogP contribution in [0.3, 0.4) is 0 Å². The van der Waals surface area contributed by atoms with Gasteiger partial charge in [-0.15, -0.1) is 0 Å². The molecule has 0 spiro atoms. The first kappa shape index (κ1) is 16.1. The van der Waals surface area contributed by atoms with Crippen molar-refractivity contribution in [1.29, 1.82) is 0 Å². The second-order valence-electron chi connectivity index (χ2n) is 4.61. The zero-order valence-electron chi connectivity index (χ0n) is 11.4. The van der Waals surface area contributed by atoms with E-state index < -0.39 is 18.9 Å². The van der Waals surface area contributed by atoms with Crippen LogP contribution in [0.15, 0.2) is 0 Å². The van der Waals surface area contributed by atoms with E-state index in [0.29, 0.717) is 19.1 Å². The smallest absolute Gasteiger partial charge is 0.422 e. The molecule has 4 nitrogen and oxygen atoms in total. The molecule has 19 heavy (non-hydrogen) atoms. The lowest BCUT2D eigenvalue weighted by atomic mass is 10.0. The van der Waals surface area contributed by atoms with Gasteiger partial charge in [0.25, 0.3) is 0 Å². The summed E-state index contributed by atoms with van der Waals surface area (Å²) in [5.74, 6) is 0. The maximum Gasteiger partial charge on any atom is 0.422 e. The number of rotatable bonds is 4. The first-order valence-corrected chi connectivity index (χ1v) is 6.59. The fourth-order valence-electron chi connectivity index (χ4n) is 2.39. The topological polar surface area (TPSA) is 32.8 Å². The minimum absolute atomic E-state index is 0.404. The Morgan fingerprint density at radius 3 is 2.21 bits per heavy atom. The minimum atomic E-state index is -4.46. The molecule has 1 saturated heterocycles. The largest absolute Gasteiger partial charge is 0.440 e. The zero-order valence-corrected chi connectivity index (χ0v) is 11.4. The van der Waals surface area contributed by atoms with Crippen molar-refractivity contribution in [2.24, 2.45) is 0 Å². The van der Waals surface area contributed by atoms with Crippen LogP contribution in [-0.2, 0) is 4.74 Å². The van der Waals surface area contributed by atoms with Gasteiger partial charge in [-0.2, -0.15) is 13.2 Å². The lowest BCUT2D eigenvalue weighted by molar-refractivity contribution is -0.162. The third kappa shape index (κ3) is 5.26. The Hall–Kier alpha value is -0.980. The number of carbonyl (C=O) groups is 1. The van der Waals surface area contributed by atoms with E-state index in [9.17, 15) is 18.0 Å². The van der Waals surface area contributed by atoms with Gasteiger partial charge in [-0.1, -0.05) is 13.8 Å². The van der Waals surface area contributed by atoms with Crippen molar-refractivity contribution in [2.75, 3.05) is 32.8 Å². The molecule has 1 aliphatic rings. The van der Waals surface area contributed by atoms with Crippen molar-refractivity contribution in [2.45, 2.75) is 38.9 Å². The lowest BCUT2D eigenvalue weighted by Gasteiger charge is -2.37. The highest BCUT2D eigenvalue weighted by atomic mass is 19.4. The normalized spacial score (nSPS) is 17.9. The van der Waals surface area contributed by atoms with Gasteiger partial charge in [0.05, 0.1) is 0 Å². The van der Waals surface area contributed by atoms with E-state index in [1.54, 1.807) is 0 Å². The molecule has 0 unspecified atom stereocenters. The maximum atomic E-state index is 11.9. The molecule has 0 radical (unpaired) electrons. The zero-order chi connectivity index (χ0) is 14.5. The molecule has 0 N–H and O–H groups in total. The van der Waals surface area contributed by atoms with Gasteiger partial charge in [-0.05, 0) is 25.9 Å². The van der Waals surface area contributed by atoms with Crippen molar-refractivity contribution in [3.05, 3.63) is 0 Å². The summed E-state index contributed by atoms with van der Waals surface area (Å²) in [5, 5.41) is 0. The van der Waals surface area contributed by atoms with E-state index in [2.05, 4.69) is 23.5 Å². The fourth-order valence-corrected chi connectivity index (χ4v) is 2.39. The fraction of sp³-hybridized carbons (Fsp3) is 0.917. The van der Waals surface area contributed by atoms with Gasteiger partial charge in [-0.25, -0.2) is 4.79 Å². The number of alkyl halides is 3. The van der Waals surface area contributed by atoms with E-state index in [-0.39, 0.29) is 0 Å². The van der Waals surface area contributed by atoms with Gasteiger partial charge in [0.1, 0.15) is 0 Å². The molecule has 0 aromatic rings. The number of hydrogen-bond acceptors (Lipinski definition) is 3. The number of piperidine rings is 1. The average Bonchev–Trinajstić information content (AvgIpc) is 2.37. The highest BCUT2D eigenvalue weighted by Gasteiger charge is 2.32. The Morgan fingerprint density at radius 2 is 1.79 bits per heavy atom. The molecule has 0 aromatic heterocycles. The Labute approximate surface area is 111 Å². The minimum Gasteiger partial charge on any atom is -0.440 e. The third-order valence-corrected chi connectivity index (χ3v) is 3.41. The van der Waals surface area contributed by atoms with Crippen LogP contribution in [-0.4, -0.2) is 60.9 Å². The quantitative estimate of drug-likeness (QED) is 0.794. The van der Waals surface area contributed by atoms with Gasteiger partial charge in [0, 0.05) is 19.1 Å². The molecule has 0 saturated carbocycles. The number of carbonyl (C=O) groups excluding carboxylic acids is 1. The summed E-state index contributed by atoms with van der Waals surface area (Å²) in [4.78, 5) is 15.1. The molecular formula is C12H21F3N2O2. The van der Waals surface area contributed by atoms with Gasteiger partial charge >= 0.3 is 12.3 Å². The van der Waals surface area contributed by atoms with Crippen molar-refractivity contribution in [3.8, 4) is 0 Å². The molecule has 0 aliphatic carbocycles. The molecule has 1 rings (SSSR count). The van der Waals surface area contributed by atoms with Gasteiger partial charge < -0.3 is 14.5 Å². The number of amides is 1. The van der Waals surface area contributed by atoms with Crippen molar-refractivity contribution in [3.63, 3.8) is 0 Å². The van der Waals surface area contributed by atoms with Crippen molar-refractivity contribution >= 4 is 6.09 Å². The SMILES string of the molecule is CCN(CC)C1CCN(C(=O)OCC(F)(F)F)CC1. The molecule has 1 amide bonds. The Kier molecular flexibility index (Phi) is 5.90. The second-order valence-corrected chi connectivity index (χ2v) is 4.61. The van der Waals surface area contributed by atoms with Gasteiger partial charge in [0.2, 0.25) is 0 Å². The number of halogens is 3. The van der Waals surface area contributed by atoms with Crippen LogP contribution in [0.2, 0.25) is 0 Å². The van der Waals surface area contributed by atoms with E-state index in [1.807, 2.05) is 0 Å². The summed E-state index contributed by atoms with van der Waals surface area (Å²) in [6.07, 6.45) is -3.77. The first-order chi connectivity index (χ1) is 8.87. The van der Waals surface area contributed by atoms with Gasteiger partial charge in [-0.3, -0.25) is 0 Å². The molecule has 0 aromatic carbocycles. The number of hydrogen-bond donors (Lipinski definition) is 0. The molecule has 0 bridgehead atoms. The van der Waals surface area contributed by atoms with Crippen molar-refractivity contribution < 1.29 is 22.7 Å². The van der Waals surface area contributed by atoms with Crippen molar-refractivity contribution in [1.82, 2.24) is 9.80 Å². The molecule has 0 atom stereocenters. The summed E-state index contributed by atoms with van der Waals surface area (Å²) in [5.41, 5.74) is 0. The molecule has 1 heterocycles.